The van der Waals surface area contributed by atoms with Crippen molar-refractivity contribution in [3.63, 3.8) is 0 Å². The van der Waals surface area contributed by atoms with Crippen molar-refractivity contribution in [3.8, 4) is 0 Å². The van der Waals surface area contributed by atoms with Crippen molar-refractivity contribution in [1.82, 2.24) is 5.16 Å². The first-order valence-corrected chi connectivity index (χ1v) is 7.03. The molecule has 19 heavy (non-hydrogen) atoms. The van der Waals surface area contributed by atoms with Gasteiger partial charge in [-0.3, -0.25) is 0 Å². The van der Waals surface area contributed by atoms with Gasteiger partial charge >= 0.3 is 0 Å². The number of anilines is 1. The molecule has 0 spiro atoms. The highest BCUT2D eigenvalue weighted by Gasteiger charge is 2.21. The Labute approximate surface area is 114 Å². The van der Waals surface area contributed by atoms with E-state index in [1.165, 1.54) is 24.8 Å². The molecule has 0 amide bonds. The molecule has 0 bridgehead atoms. The van der Waals surface area contributed by atoms with E-state index in [4.69, 9.17) is 4.52 Å². The minimum absolute atomic E-state index is 0.798. The summed E-state index contributed by atoms with van der Waals surface area (Å²) in [7, 11) is 0. The largest absolute Gasteiger partial charge is 0.360 e. The maximum atomic E-state index is 5.15. The number of hydrogen-bond donors (Lipinski definition) is 0. The van der Waals surface area contributed by atoms with Crippen molar-refractivity contribution in [2.75, 3.05) is 18.0 Å². The van der Waals surface area contributed by atoms with E-state index < -0.39 is 0 Å². The van der Waals surface area contributed by atoms with Gasteiger partial charge < -0.3 is 9.42 Å². The van der Waals surface area contributed by atoms with Crippen LogP contribution in [0.1, 0.15) is 24.2 Å². The topological polar surface area (TPSA) is 29.3 Å². The Bertz CT molecular complexity index is 513. The molecule has 0 saturated carbocycles. The first-order valence-electron chi connectivity index (χ1n) is 7.03. The first-order chi connectivity index (χ1) is 9.31. The lowest BCUT2D eigenvalue weighted by molar-refractivity contribution is 0.379. The zero-order chi connectivity index (χ0) is 13.1. The normalized spacial score (nSPS) is 16.8. The SMILES string of the molecule is Cc1cc(N2CCC(Cc3ccccc3)CC2)no1. The van der Waals surface area contributed by atoms with E-state index in [0.717, 1.165) is 30.6 Å². The zero-order valence-electron chi connectivity index (χ0n) is 11.4. The van der Waals surface area contributed by atoms with Crippen molar-refractivity contribution >= 4 is 5.82 Å². The summed E-state index contributed by atoms with van der Waals surface area (Å²) >= 11 is 0. The second-order valence-corrected chi connectivity index (χ2v) is 5.42. The molecule has 3 nitrogen and oxygen atoms in total. The molecule has 1 aromatic heterocycles. The average Bonchev–Trinajstić information content (AvgIpc) is 2.87. The van der Waals surface area contributed by atoms with Gasteiger partial charge in [0.2, 0.25) is 0 Å². The Hall–Kier alpha value is -1.77. The van der Waals surface area contributed by atoms with Crippen molar-refractivity contribution in [2.24, 2.45) is 5.92 Å². The summed E-state index contributed by atoms with van der Waals surface area (Å²) in [6.45, 7) is 4.12. The molecule has 0 unspecified atom stereocenters. The summed E-state index contributed by atoms with van der Waals surface area (Å²) in [6, 6.07) is 12.8. The number of rotatable bonds is 3. The van der Waals surface area contributed by atoms with Crippen molar-refractivity contribution < 1.29 is 4.52 Å². The average molecular weight is 256 g/mol. The highest BCUT2D eigenvalue weighted by molar-refractivity contribution is 5.38. The molecule has 1 aliphatic heterocycles. The first kappa shape index (κ1) is 12.3. The van der Waals surface area contributed by atoms with Crippen LogP contribution in [-0.2, 0) is 6.42 Å². The van der Waals surface area contributed by atoms with Gasteiger partial charge in [0, 0.05) is 19.2 Å². The van der Waals surface area contributed by atoms with Crippen LogP contribution in [0, 0.1) is 12.8 Å². The highest BCUT2D eigenvalue weighted by Crippen LogP contribution is 2.25. The Morgan fingerprint density at radius 2 is 1.95 bits per heavy atom. The van der Waals surface area contributed by atoms with Gasteiger partial charge in [-0.05, 0) is 37.7 Å². The fraction of sp³-hybridized carbons (Fsp3) is 0.438. The predicted molar refractivity (Wildman–Crippen MR) is 76.3 cm³/mol. The molecular weight excluding hydrogens is 236 g/mol. The molecule has 1 aliphatic rings. The molecule has 1 saturated heterocycles. The number of hydrogen-bond acceptors (Lipinski definition) is 3. The smallest absolute Gasteiger partial charge is 0.172 e. The zero-order valence-corrected chi connectivity index (χ0v) is 11.4. The van der Waals surface area contributed by atoms with Crippen molar-refractivity contribution in [1.29, 1.82) is 0 Å². The number of piperidine rings is 1. The van der Waals surface area contributed by atoms with E-state index in [-0.39, 0.29) is 0 Å². The third kappa shape index (κ3) is 2.98. The molecule has 0 aliphatic carbocycles. The lowest BCUT2D eigenvalue weighted by Crippen LogP contribution is -2.34. The van der Waals surface area contributed by atoms with Gasteiger partial charge in [-0.2, -0.15) is 0 Å². The van der Waals surface area contributed by atoms with Crippen LogP contribution in [0.5, 0.6) is 0 Å². The molecular formula is C16H20N2O. The van der Waals surface area contributed by atoms with Crippen LogP contribution in [0.2, 0.25) is 0 Å². The van der Waals surface area contributed by atoms with E-state index in [2.05, 4.69) is 40.4 Å². The van der Waals surface area contributed by atoms with Crippen LogP contribution < -0.4 is 4.90 Å². The summed E-state index contributed by atoms with van der Waals surface area (Å²) in [6.07, 6.45) is 3.67. The predicted octanol–water partition coefficient (Wildman–Crippen LogP) is 3.44. The maximum Gasteiger partial charge on any atom is 0.172 e. The van der Waals surface area contributed by atoms with Gasteiger partial charge in [-0.1, -0.05) is 35.5 Å². The summed E-state index contributed by atoms with van der Waals surface area (Å²) in [5, 5.41) is 4.10. The van der Waals surface area contributed by atoms with Crippen LogP contribution in [-0.4, -0.2) is 18.2 Å². The molecule has 2 aromatic rings. The summed E-state index contributed by atoms with van der Waals surface area (Å²) in [4.78, 5) is 2.33. The van der Waals surface area contributed by atoms with E-state index in [9.17, 15) is 0 Å². The minimum Gasteiger partial charge on any atom is -0.360 e. The molecule has 3 rings (SSSR count). The molecule has 2 heterocycles. The van der Waals surface area contributed by atoms with Crippen LogP contribution >= 0.6 is 0 Å². The molecule has 100 valence electrons. The quantitative estimate of drug-likeness (QED) is 0.842. The van der Waals surface area contributed by atoms with Gasteiger partial charge in [0.05, 0.1) is 0 Å². The fourth-order valence-corrected chi connectivity index (χ4v) is 2.82. The van der Waals surface area contributed by atoms with Crippen molar-refractivity contribution in [3.05, 3.63) is 47.7 Å². The molecule has 0 atom stereocenters. The Morgan fingerprint density at radius 3 is 2.58 bits per heavy atom. The number of nitrogens with zero attached hydrogens (tertiary/aromatic N) is 2. The van der Waals surface area contributed by atoms with E-state index in [0.29, 0.717) is 0 Å². The summed E-state index contributed by atoms with van der Waals surface area (Å²) < 4.78 is 5.15. The van der Waals surface area contributed by atoms with Gasteiger partial charge in [0.1, 0.15) is 5.76 Å². The summed E-state index contributed by atoms with van der Waals surface area (Å²) in [5.74, 6) is 2.68. The van der Waals surface area contributed by atoms with Crippen LogP contribution in [0.4, 0.5) is 5.82 Å². The fourth-order valence-electron chi connectivity index (χ4n) is 2.82. The number of aromatic nitrogens is 1. The summed E-state index contributed by atoms with van der Waals surface area (Å²) in [5.41, 5.74) is 1.46. The molecule has 0 N–H and O–H groups in total. The Morgan fingerprint density at radius 1 is 1.21 bits per heavy atom. The van der Waals surface area contributed by atoms with Crippen molar-refractivity contribution in [2.45, 2.75) is 26.2 Å². The van der Waals surface area contributed by atoms with E-state index in [1.54, 1.807) is 0 Å². The Balaban J connectivity index is 1.55. The molecule has 1 fully saturated rings. The third-order valence-corrected chi connectivity index (χ3v) is 3.92. The Kier molecular flexibility index (Phi) is 3.53. The van der Waals surface area contributed by atoms with Gasteiger partial charge in [0.15, 0.2) is 5.82 Å². The number of benzene rings is 1. The molecule has 3 heteroatoms. The van der Waals surface area contributed by atoms with E-state index >= 15 is 0 Å². The van der Waals surface area contributed by atoms with Gasteiger partial charge in [0.25, 0.3) is 0 Å². The van der Waals surface area contributed by atoms with Crippen LogP contribution in [0.15, 0.2) is 40.9 Å². The standard InChI is InChI=1S/C16H20N2O/c1-13-11-16(17-19-13)18-9-7-15(8-10-18)12-14-5-3-2-4-6-14/h2-6,11,15H,7-10,12H2,1H3. The second kappa shape index (κ2) is 5.47. The second-order valence-electron chi connectivity index (χ2n) is 5.42. The molecule has 1 aromatic carbocycles. The maximum absolute atomic E-state index is 5.15. The van der Waals surface area contributed by atoms with Gasteiger partial charge in [-0.25, -0.2) is 0 Å². The number of aryl methyl sites for hydroxylation is 1. The third-order valence-electron chi connectivity index (χ3n) is 3.92. The monoisotopic (exact) mass is 256 g/mol. The lowest BCUT2D eigenvalue weighted by atomic mass is 9.90. The minimum atomic E-state index is 0.798. The van der Waals surface area contributed by atoms with Crippen LogP contribution in [0.3, 0.4) is 0 Å². The lowest BCUT2D eigenvalue weighted by Gasteiger charge is -2.31. The van der Waals surface area contributed by atoms with E-state index in [1.807, 2.05) is 13.0 Å². The van der Waals surface area contributed by atoms with Crippen LogP contribution in [0.25, 0.3) is 0 Å². The highest BCUT2D eigenvalue weighted by atomic mass is 16.5. The molecule has 0 radical (unpaired) electrons. The van der Waals surface area contributed by atoms with Gasteiger partial charge in [-0.15, -0.1) is 0 Å².